The number of carbonyl (C=O) groups is 1. The fourth-order valence-corrected chi connectivity index (χ4v) is 1.08. The van der Waals surface area contributed by atoms with E-state index in [2.05, 4.69) is 0 Å². The van der Waals surface area contributed by atoms with Gasteiger partial charge in [0.15, 0.2) is 6.10 Å². The van der Waals surface area contributed by atoms with Crippen molar-refractivity contribution in [2.75, 3.05) is 0 Å². The molecule has 0 aromatic heterocycles. The zero-order valence-corrected chi connectivity index (χ0v) is 5.93. The molecule has 1 rings (SSSR count). The highest BCUT2D eigenvalue weighted by atomic mass is 19.4. The first-order valence-electron chi connectivity index (χ1n) is 3.29. The molecule has 70 valence electrons. The number of hydrogen-bond acceptors (Lipinski definition) is 2. The molecule has 2 N–H and O–H groups in total. The Balaban J connectivity index is 2.80. The predicted molar refractivity (Wildman–Crippen MR) is 31.4 cm³/mol. The Hall–Kier alpha value is -0.780. The van der Waals surface area contributed by atoms with Crippen LogP contribution in [-0.2, 0) is 4.79 Å². The lowest BCUT2D eigenvalue weighted by molar-refractivity contribution is -0.219. The van der Waals surface area contributed by atoms with Gasteiger partial charge in [-0.15, -0.1) is 0 Å². The van der Waals surface area contributed by atoms with Gasteiger partial charge in [0.2, 0.25) is 0 Å². The lowest BCUT2D eigenvalue weighted by Gasteiger charge is -2.21. The summed E-state index contributed by atoms with van der Waals surface area (Å²) in [5.74, 6) is -1.81. The fourth-order valence-electron chi connectivity index (χ4n) is 1.08. The van der Waals surface area contributed by atoms with Crippen LogP contribution in [0.5, 0.6) is 0 Å². The summed E-state index contributed by atoms with van der Waals surface area (Å²) in [5, 5.41) is 16.9. The lowest BCUT2D eigenvalue weighted by atomic mass is 9.99. The third-order valence-electron chi connectivity index (χ3n) is 2.11. The number of alkyl halides is 3. The maximum atomic E-state index is 12.1. The van der Waals surface area contributed by atoms with E-state index in [4.69, 9.17) is 10.2 Å². The number of aliphatic carboxylic acids is 1. The van der Waals surface area contributed by atoms with Crippen LogP contribution in [0.1, 0.15) is 12.8 Å². The van der Waals surface area contributed by atoms with Crippen molar-refractivity contribution >= 4 is 5.97 Å². The van der Waals surface area contributed by atoms with Crippen LogP contribution in [0.25, 0.3) is 0 Å². The van der Waals surface area contributed by atoms with Crippen molar-refractivity contribution in [1.82, 2.24) is 0 Å². The molecular weight excluding hydrogens is 177 g/mol. The average molecular weight is 184 g/mol. The summed E-state index contributed by atoms with van der Waals surface area (Å²) in [5.41, 5.74) is -2.38. The first kappa shape index (κ1) is 9.31. The molecule has 0 aliphatic heterocycles. The van der Waals surface area contributed by atoms with Crippen LogP contribution in [0.3, 0.4) is 0 Å². The van der Waals surface area contributed by atoms with E-state index in [1.54, 1.807) is 0 Å². The van der Waals surface area contributed by atoms with E-state index in [1.807, 2.05) is 0 Å². The molecule has 6 heteroatoms. The van der Waals surface area contributed by atoms with Crippen LogP contribution in [0, 0.1) is 5.41 Å². The number of aliphatic hydroxyl groups excluding tert-OH is 1. The van der Waals surface area contributed by atoms with Crippen LogP contribution in [0.15, 0.2) is 0 Å². The zero-order valence-electron chi connectivity index (χ0n) is 5.93. The van der Waals surface area contributed by atoms with E-state index in [9.17, 15) is 18.0 Å². The highest BCUT2D eigenvalue weighted by Crippen LogP contribution is 2.59. The van der Waals surface area contributed by atoms with Gasteiger partial charge in [-0.3, -0.25) is 0 Å². The molecule has 1 aliphatic carbocycles. The Morgan fingerprint density at radius 2 is 1.83 bits per heavy atom. The van der Waals surface area contributed by atoms with E-state index in [1.165, 1.54) is 0 Å². The molecule has 1 aliphatic rings. The molecule has 12 heavy (non-hydrogen) atoms. The molecular formula is C6H7F3O3. The van der Waals surface area contributed by atoms with E-state index in [0.29, 0.717) is 0 Å². The molecule has 0 aromatic carbocycles. The normalized spacial score (nSPS) is 23.3. The Labute approximate surface area is 65.8 Å². The van der Waals surface area contributed by atoms with Gasteiger partial charge in [-0.05, 0) is 12.8 Å². The molecule has 3 nitrogen and oxygen atoms in total. The lowest BCUT2D eigenvalue weighted by Crippen LogP contribution is -2.41. The van der Waals surface area contributed by atoms with Crippen LogP contribution in [0.2, 0.25) is 0 Å². The maximum Gasteiger partial charge on any atom is 0.397 e. The quantitative estimate of drug-likeness (QED) is 0.666. The smallest absolute Gasteiger partial charge is 0.397 e. The van der Waals surface area contributed by atoms with Crippen molar-refractivity contribution in [3.63, 3.8) is 0 Å². The number of aliphatic hydroxyl groups is 1. The van der Waals surface area contributed by atoms with E-state index in [0.717, 1.165) is 0 Å². The van der Waals surface area contributed by atoms with E-state index < -0.39 is 23.7 Å². The molecule has 1 saturated carbocycles. The summed E-state index contributed by atoms with van der Waals surface area (Å²) < 4.78 is 36.2. The maximum absolute atomic E-state index is 12.1. The fraction of sp³-hybridized carbons (Fsp3) is 0.833. The summed E-state index contributed by atoms with van der Waals surface area (Å²) in [6, 6.07) is 0. The van der Waals surface area contributed by atoms with Crippen molar-refractivity contribution < 1.29 is 28.2 Å². The molecule has 0 saturated heterocycles. The molecule has 0 amide bonds. The number of hydrogen-bond donors (Lipinski definition) is 2. The molecule has 1 atom stereocenters. The molecule has 1 unspecified atom stereocenters. The SMILES string of the molecule is O=C(O)C(O)C1(C(F)(F)F)CC1. The topological polar surface area (TPSA) is 57.5 Å². The Morgan fingerprint density at radius 3 is 1.92 bits per heavy atom. The molecule has 0 radical (unpaired) electrons. The van der Waals surface area contributed by atoms with Gasteiger partial charge < -0.3 is 10.2 Å². The van der Waals surface area contributed by atoms with Gasteiger partial charge in [0.05, 0.1) is 0 Å². The summed E-state index contributed by atoms with van der Waals surface area (Å²) in [4.78, 5) is 10.1. The van der Waals surface area contributed by atoms with E-state index in [-0.39, 0.29) is 12.8 Å². The van der Waals surface area contributed by atoms with Crippen molar-refractivity contribution in [2.24, 2.45) is 5.41 Å². The molecule has 0 heterocycles. The minimum atomic E-state index is -4.62. The second kappa shape index (κ2) is 2.35. The van der Waals surface area contributed by atoms with Crippen LogP contribution < -0.4 is 0 Å². The van der Waals surface area contributed by atoms with Crippen LogP contribution in [0.4, 0.5) is 13.2 Å². The van der Waals surface area contributed by atoms with Crippen molar-refractivity contribution in [1.29, 1.82) is 0 Å². The third kappa shape index (κ3) is 1.16. The van der Waals surface area contributed by atoms with Crippen molar-refractivity contribution in [2.45, 2.75) is 25.1 Å². The van der Waals surface area contributed by atoms with Gasteiger partial charge in [0, 0.05) is 0 Å². The molecule has 0 bridgehead atoms. The second-order valence-corrected chi connectivity index (χ2v) is 2.89. The van der Waals surface area contributed by atoms with Crippen molar-refractivity contribution in [3.05, 3.63) is 0 Å². The molecule has 0 aromatic rings. The average Bonchev–Trinajstić information content (AvgIpc) is 2.62. The largest absolute Gasteiger partial charge is 0.479 e. The van der Waals surface area contributed by atoms with Gasteiger partial charge in [-0.2, -0.15) is 13.2 Å². The van der Waals surface area contributed by atoms with E-state index >= 15 is 0 Å². The van der Waals surface area contributed by atoms with Gasteiger partial charge in [-0.25, -0.2) is 4.79 Å². The van der Waals surface area contributed by atoms with Gasteiger partial charge in [0.1, 0.15) is 5.41 Å². The number of rotatable bonds is 2. The second-order valence-electron chi connectivity index (χ2n) is 2.89. The Morgan fingerprint density at radius 1 is 1.42 bits per heavy atom. The standard InChI is InChI=1S/C6H7F3O3/c7-6(8,9)5(1-2-5)3(10)4(11)12/h3,10H,1-2H2,(H,11,12). The summed E-state index contributed by atoms with van der Waals surface area (Å²) in [6.45, 7) is 0. The minimum Gasteiger partial charge on any atom is -0.479 e. The number of carboxylic acid groups (broad SMARTS) is 1. The van der Waals surface area contributed by atoms with Gasteiger partial charge in [-0.1, -0.05) is 0 Å². The third-order valence-corrected chi connectivity index (χ3v) is 2.11. The summed E-state index contributed by atoms with van der Waals surface area (Å²) in [7, 11) is 0. The number of halogens is 3. The Bertz CT molecular complexity index is 207. The first-order valence-corrected chi connectivity index (χ1v) is 3.29. The summed E-state index contributed by atoms with van der Waals surface area (Å²) in [6.07, 6.45) is -7.55. The zero-order chi connectivity index (χ0) is 9.57. The molecule has 0 spiro atoms. The van der Waals surface area contributed by atoms with Gasteiger partial charge >= 0.3 is 12.1 Å². The first-order chi connectivity index (χ1) is 5.31. The van der Waals surface area contributed by atoms with Crippen LogP contribution >= 0.6 is 0 Å². The Kier molecular flexibility index (Phi) is 1.82. The summed E-state index contributed by atoms with van der Waals surface area (Å²) >= 11 is 0. The predicted octanol–water partition coefficient (Wildman–Crippen LogP) is 0.774. The number of carboxylic acids is 1. The van der Waals surface area contributed by atoms with Crippen LogP contribution in [-0.4, -0.2) is 28.5 Å². The molecule has 1 fully saturated rings. The highest BCUT2D eigenvalue weighted by Gasteiger charge is 2.69. The minimum absolute atomic E-state index is 0.302. The van der Waals surface area contributed by atoms with Crippen molar-refractivity contribution in [3.8, 4) is 0 Å². The monoisotopic (exact) mass is 184 g/mol. The highest BCUT2D eigenvalue weighted by molar-refractivity contribution is 5.74. The van der Waals surface area contributed by atoms with Gasteiger partial charge in [0.25, 0.3) is 0 Å².